The largest absolute Gasteiger partial charge is 0.456 e. The predicted molar refractivity (Wildman–Crippen MR) is 113 cm³/mol. The molecule has 1 nitrogen and oxygen atoms in total. The molecule has 27 heavy (non-hydrogen) atoms. The number of furan rings is 1. The minimum atomic E-state index is 0.920. The molecule has 1 aromatic heterocycles. The molecular formula is C26H20O. The van der Waals surface area contributed by atoms with E-state index in [9.17, 15) is 0 Å². The standard InChI is InChI=1S/C26H20O/c1-18-6-11-21(12-7-18)22-13-8-19(9-14-22)16-20-10-15-26-24(17-20)23-4-2-3-5-25(23)27-26/h2-15,17H,16H2,1H3. The van der Waals surface area contributed by atoms with E-state index in [1.807, 2.05) is 12.1 Å². The molecule has 0 fully saturated rings. The summed E-state index contributed by atoms with van der Waals surface area (Å²) in [7, 11) is 0. The van der Waals surface area contributed by atoms with Gasteiger partial charge in [0.05, 0.1) is 0 Å². The topological polar surface area (TPSA) is 13.1 Å². The van der Waals surface area contributed by atoms with Gasteiger partial charge in [-0.1, -0.05) is 78.4 Å². The van der Waals surface area contributed by atoms with Gasteiger partial charge in [0.15, 0.2) is 0 Å². The summed E-state index contributed by atoms with van der Waals surface area (Å²) in [5.74, 6) is 0. The van der Waals surface area contributed by atoms with E-state index in [2.05, 4.69) is 85.8 Å². The molecule has 0 atom stereocenters. The van der Waals surface area contributed by atoms with Crippen molar-refractivity contribution in [1.82, 2.24) is 0 Å². The maximum absolute atomic E-state index is 5.93. The van der Waals surface area contributed by atoms with Crippen LogP contribution in [0.25, 0.3) is 33.1 Å². The van der Waals surface area contributed by atoms with Gasteiger partial charge in [-0.3, -0.25) is 0 Å². The Balaban J connectivity index is 1.44. The lowest BCUT2D eigenvalue weighted by molar-refractivity contribution is 0.669. The Labute approximate surface area is 158 Å². The lowest BCUT2D eigenvalue weighted by Gasteiger charge is -2.06. The summed E-state index contributed by atoms with van der Waals surface area (Å²) in [4.78, 5) is 0. The van der Waals surface area contributed by atoms with E-state index in [4.69, 9.17) is 4.42 Å². The van der Waals surface area contributed by atoms with Crippen LogP contribution in [0.5, 0.6) is 0 Å². The zero-order valence-corrected chi connectivity index (χ0v) is 15.3. The normalized spacial score (nSPS) is 11.3. The first kappa shape index (κ1) is 15.9. The first-order valence-electron chi connectivity index (χ1n) is 9.32. The smallest absolute Gasteiger partial charge is 0.135 e. The van der Waals surface area contributed by atoms with E-state index in [0.717, 1.165) is 17.6 Å². The Morgan fingerprint density at radius 3 is 2.00 bits per heavy atom. The molecule has 0 aliphatic heterocycles. The molecule has 0 spiro atoms. The maximum Gasteiger partial charge on any atom is 0.135 e. The zero-order chi connectivity index (χ0) is 18.2. The average Bonchev–Trinajstić information content (AvgIpc) is 3.07. The maximum atomic E-state index is 5.93. The molecule has 0 bridgehead atoms. The van der Waals surface area contributed by atoms with E-state index in [1.54, 1.807) is 0 Å². The van der Waals surface area contributed by atoms with Crippen LogP contribution < -0.4 is 0 Å². The summed E-state index contributed by atoms with van der Waals surface area (Å²) >= 11 is 0. The number of para-hydroxylation sites is 1. The second-order valence-corrected chi connectivity index (χ2v) is 7.17. The van der Waals surface area contributed by atoms with Crippen molar-refractivity contribution in [1.29, 1.82) is 0 Å². The van der Waals surface area contributed by atoms with E-state index in [1.165, 1.54) is 38.6 Å². The van der Waals surface area contributed by atoms with Crippen LogP contribution in [0.1, 0.15) is 16.7 Å². The number of rotatable bonds is 3. The molecule has 0 unspecified atom stereocenters. The molecule has 0 saturated carbocycles. The van der Waals surface area contributed by atoms with Crippen LogP contribution in [0.15, 0.2) is 95.4 Å². The van der Waals surface area contributed by atoms with E-state index in [0.29, 0.717) is 0 Å². The molecular weight excluding hydrogens is 328 g/mol. The Hall–Kier alpha value is -3.32. The molecule has 0 aliphatic carbocycles. The molecule has 5 aromatic rings. The van der Waals surface area contributed by atoms with Crippen LogP contribution in [0.4, 0.5) is 0 Å². The Morgan fingerprint density at radius 1 is 0.593 bits per heavy atom. The van der Waals surface area contributed by atoms with E-state index < -0.39 is 0 Å². The number of fused-ring (bicyclic) bond motifs is 3. The van der Waals surface area contributed by atoms with Crippen LogP contribution in [-0.2, 0) is 6.42 Å². The molecule has 0 amide bonds. The second kappa shape index (κ2) is 6.44. The third-order valence-corrected chi connectivity index (χ3v) is 5.19. The Kier molecular flexibility index (Phi) is 3.79. The van der Waals surface area contributed by atoms with Gasteiger partial charge in [0.1, 0.15) is 11.2 Å². The average molecular weight is 348 g/mol. The van der Waals surface area contributed by atoms with Crippen molar-refractivity contribution in [2.24, 2.45) is 0 Å². The number of hydrogen-bond acceptors (Lipinski definition) is 1. The Bertz CT molecular complexity index is 1230. The highest BCUT2D eigenvalue weighted by atomic mass is 16.3. The zero-order valence-electron chi connectivity index (χ0n) is 15.3. The van der Waals surface area contributed by atoms with Crippen LogP contribution in [-0.4, -0.2) is 0 Å². The van der Waals surface area contributed by atoms with E-state index in [-0.39, 0.29) is 0 Å². The summed E-state index contributed by atoms with van der Waals surface area (Å²) in [6.07, 6.45) is 0.920. The van der Waals surface area contributed by atoms with Gasteiger partial charge < -0.3 is 4.42 Å². The van der Waals surface area contributed by atoms with Crippen molar-refractivity contribution < 1.29 is 4.42 Å². The SMILES string of the molecule is Cc1ccc(-c2ccc(Cc3ccc4oc5ccccc5c4c3)cc2)cc1. The summed E-state index contributed by atoms with van der Waals surface area (Å²) in [6.45, 7) is 2.12. The van der Waals surface area contributed by atoms with Crippen molar-refractivity contribution in [2.75, 3.05) is 0 Å². The predicted octanol–water partition coefficient (Wildman–Crippen LogP) is 7.15. The first-order chi connectivity index (χ1) is 13.3. The molecule has 4 aromatic carbocycles. The van der Waals surface area contributed by atoms with Crippen LogP contribution in [0, 0.1) is 6.92 Å². The summed E-state index contributed by atoms with van der Waals surface area (Å²) in [5.41, 5.74) is 8.34. The van der Waals surface area contributed by atoms with Crippen molar-refractivity contribution in [3.05, 3.63) is 108 Å². The fourth-order valence-electron chi connectivity index (χ4n) is 3.68. The van der Waals surface area contributed by atoms with Gasteiger partial charge >= 0.3 is 0 Å². The molecule has 130 valence electrons. The lowest BCUT2D eigenvalue weighted by Crippen LogP contribution is -1.88. The fourth-order valence-corrected chi connectivity index (χ4v) is 3.68. The molecule has 0 aliphatic rings. The van der Waals surface area contributed by atoms with Gasteiger partial charge in [-0.05, 0) is 53.8 Å². The van der Waals surface area contributed by atoms with Crippen LogP contribution >= 0.6 is 0 Å². The lowest BCUT2D eigenvalue weighted by atomic mass is 9.99. The highest BCUT2D eigenvalue weighted by Gasteiger charge is 2.07. The molecule has 0 N–H and O–H groups in total. The molecule has 1 heteroatoms. The number of benzene rings is 4. The second-order valence-electron chi connectivity index (χ2n) is 7.17. The third kappa shape index (κ3) is 3.02. The van der Waals surface area contributed by atoms with Crippen LogP contribution in [0.3, 0.4) is 0 Å². The van der Waals surface area contributed by atoms with Gasteiger partial charge in [0.2, 0.25) is 0 Å². The van der Waals surface area contributed by atoms with Crippen molar-refractivity contribution in [3.63, 3.8) is 0 Å². The molecule has 5 rings (SSSR count). The van der Waals surface area contributed by atoms with Crippen molar-refractivity contribution in [2.45, 2.75) is 13.3 Å². The van der Waals surface area contributed by atoms with Crippen molar-refractivity contribution >= 4 is 21.9 Å². The van der Waals surface area contributed by atoms with Gasteiger partial charge in [0.25, 0.3) is 0 Å². The molecule has 0 radical (unpaired) electrons. The third-order valence-electron chi connectivity index (χ3n) is 5.19. The molecule has 0 saturated heterocycles. The fraction of sp³-hybridized carbons (Fsp3) is 0.0769. The number of hydrogen-bond donors (Lipinski definition) is 0. The van der Waals surface area contributed by atoms with Gasteiger partial charge in [-0.25, -0.2) is 0 Å². The van der Waals surface area contributed by atoms with Gasteiger partial charge in [-0.2, -0.15) is 0 Å². The monoisotopic (exact) mass is 348 g/mol. The van der Waals surface area contributed by atoms with Crippen LogP contribution in [0.2, 0.25) is 0 Å². The summed E-state index contributed by atoms with van der Waals surface area (Å²) in [6, 6.07) is 32.3. The first-order valence-corrected chi connectivity index (χ1v) is 9.32. The van der Waals surface area contributed by atoms with E-state index >= 15 is 0 Å². The number of aryl methyl sites for hydroxylation is 1. The van der Waals surface area contributed by atoms with Crippen molar-refractivity contribution in [3.8, 4) is 11.1 Å². The quantitative estimate of drug-likeness (QED) is 0.337. The van der Waals surface area contributed by atoms with Gasteiger partial charge in [0, 0.05) is 10.8 Å². The summed E-state index contributed by atoms with van der Waals surface area (Å²) < 4.78 is 5.93. The molecule has 1 heterocycles. The minimum Gasteiger partial charge on any atom is -0.456 e. The minimum absolute atomic E-state index is 0.920. The highest BCUT2D eigenvalue weighted by Crippen LogP contribution is 2.30. The van der Waals surface area contributed by atoms with Gasteiger partial charge in [-0.15, -0.1) is 0 Å². The summed E-state index contributed by atoms with van der Waals surface area (Å²) in [5, 5.41) is 2.38. The Morgan fingerprint density at radius 2 is 1.22 bits per heavy atom. The highest BCUT2D eigenvalue weighted by molar-refractivity contribution is 6.05.